The first-order valence-electron chi connectivity index (χ1n) is 11.7. The van der Waals surface area contributed by atoms with Gasteiger partial charge in [0.25, 0.3) is 5.91 Å². The van der Waals surface area contributed by atoms with Crippen LogP contribution >= 0.6 is 0 Å². The Bertz CT molecular complexity index is 880. The van der Waals surface area contributed by atoms with Gasteiger partial charge in [-0.1, -0.05) is 12.1 Å². The van der Waals surface area contributed by atoms with Gasteiger partial charge >= 0.3 is 0 Å². The Morgan fingerprint density at radius 3 is 2.66 bits per heavy atom. The number of nitrogens with zero attached hydrogens (tertiary/aromatic N) is 2. The molecule has 3 N–H and O–H groups in total. The fourth-order valence-electron chi connectivity index (χ4n) is 4.47. The highest BCUT2D eigenvalue weighted by atomic mass is 19.1. The second-order valence-corrected chi connectivity index (χ2v) is 8.83. The van der Waals surface area contributed by atoms with E-state index in [0.29, 0.717) is 24.1 Å². The number of likely N-dealkylation sites (tertiary alicyclic amines) is 1. The van der Waals surface area contributed by atoms with Crippen molar-refractivity contribution in [1.29, 1.82) is 0 Å². The normalized spacial score (nSPS) is 21.2. The molecular weight excluding hydrogens is 409 g/mol. The maximum atomic E-state index is 13.1. The van der Waals surface area contributed by atoms with Gasteiger partial charge in [0.05, 0.1) is 12.5 Å². The molecule has 1 aromatic carbocycles. The summed E-state index contributed by atoms with van der Waals surface area (Å²) < 4.78 is 13.1. The van der Waals surface area contributed by atoms with E-state index >= 15 is 0 Å². The molecular formula is C24H32FN5O2. The predicted molar refractivity (Wildman–Crippen MR) is 120 cm³/mol. The van der Waals surface area contributed by atoms with Gasteiger partial charge in [-0.25, -0.2) is 9.37 Å². The van der Waals surface area contributed by atoms with E-state index in [1.165, 1.54) is 30.2 Å². The van der Waals surface area contributed by atoms with Crippen molar-refractivity contribution in [2.75, 3.05) is 19.6 Å². The summed E-state index contributed by atoms with van der Waals surface area (Å²) in [6.45, 7) is 2.40. The number of unbranched alkanes of at least 4 members (excludes halogenated alkanes) is 1. The van der Waals surface area contributed by atoms with E-state index in [9.17, 15) is 14.0 Å². The monoisotopic (exact) mass is 441 g/mol. The summed E-state index contributed by atoms with van der Waals surface area (Å²) in [7, 11) is 0. The topological polar surface area (TPSA) is 90.1 Å². The highest BCUT2D eigenvalue weighted by Crippen LogP contribution is 2.40. The van der Waals surface area contributed by atoms with Crippen molar-refractivity contribution in [2.45, 2.75) is 62.9 Å². The summed E-state index contributed by atoms with van der Waals surface area (Å²) >= 11 is 0. The van der Waals surface area contributed by atoms with E-state index in [1.807, 2.05) is 17.0 Å². The maximum absolute atomic E-state index is 13.1. The average Bonchev–Trinajstić information content (AvgIpc) is 3.36. The number of piperidine rings is 1. The van der Waals surface area contributed by atoms with Crippen LogP contribution in [0.1, 0.15) is 66.9 Å². The summed E-state index contributed by atoms with van der Waals surface area (Å²) in [5.74, 6) is -0.0231. The summed E-state index contributed by atoms with van der Waals surface area (Å²) in [5, 5.41) is 6.47. The molecule has 8 heteroatoms. The Hall–Kier alpha value is -2.74. The number of halogens is 1. The van der Waals surface area contributed by atoms with Crippen LogP contribution in [0.25, 0.3) is 0 Å². The third kappa shape index (κ3) is 5.94. The molecule has 2 aliphatic rings. The number of carbonyl (C=O) groups excluding carboxylic acids is 2. The Kier molecular flexibility index (Phi) is 7.52. The van der Waals surface area contributed by atoms with Crippen LogP contribution < -0.4 is 10.6 Å². The predicted octanol–water partition coefficient (Wildman–Crippen LogP) is 2.98. The molecule has 4 rings (SSSR count). The van der Waals surface area contributed by atoms with Gasteiger partial charge in [-0.15, -0.1) is 0 Å². The molecule has 32 heavy (non-hydrogen) atoms. The maximum Gasteiger partial charge on any atom is 0.269 e. The van der Waals surface area contributed by atoms with Gasteiger partial charge < -0.3 is 20.5 Å². The summed E-state index contributed by atoms with van der Waals surface area (Å²) in [4.78, 5) is 34.1. The van der Waals surface area contributed by atoms with Crippen LogP contribution in [-0.2, 0) is 4.79 Å². The highest BCUT2D eigenvalue weighted by Gasteiger charge is 2.37. The van der Waals surface area contributed by atoms with Crippen molar-refractivity contribution in [3.63, 3.8) is 0 Å². The standard InChI is InChI=1S/C24H32FN5O2/c25-18-9-7-17(8-10-18)19-14-21(19)27-11-3-2-6-20(24(32)30-12-4-1-5-13-30)29-23(31)22-15-26-16-28-22/h7-10,15-16,19-21,27H,1-6,11-14H2,(H,26,28)(H,29,31). The van der Waals surface area contributed by atoms with Crippen molar-refractivity contribution in [2.24, 2.45) is 0 Å². The molecule has 3 unspecified atom stereocenters. The Labute approximate surface area is 188 Å². The van der Waals surface area contributed by atoms with E-state index in [2.05, 4.69) is 20.6 Å². The average molecular weight is 442 g/mol. The first-order valence-corrected chi connectivity index (χ1v) is 11.7. The molecule has 2 heterocycles. The second-order valence-electron chi connectivity index (χ2n) is 8.83. The van der Waals surface area contributed by atoms with Crippen LogP contribution in [0.4, 0.5) is 4.39 Å². The summed E-state index contributed by atoms with van der Waals surface area (Å²) in [5.41, 5.74) is 1.54. The van der Waals surface area contributed by atoms with E-state index < -0.39 is 6.04 Å². The molecule has 1 aliphatic heterocycles. The zero-order chi connectivity index (χ0) is 22.3. The molecule has 3 atom stereocenters. The lowest BCUT2D eigenvalue weighted by Gasteiger charge is -2.30. The minimum atomic E-state index is -0.517. The van der Waals surface area contributed by atoms with Crippen molar-refractivity contribution in [3.05, 3.63) is 53.9 Å². The molecule has 1 saturated heterocycles. The van der Waals surface area contributed by atoms with Gasteiger partial charge in [0, 0.05) is 25.0 Å². The Morgan fingerprint density at radius 1 is 1.16 bits per heavy atom. The minimum Gasteiger partial charge on any atom is -0.341 e. The number of carbonyl (C=O) groups is 2. The molecule has 0 bridgehead atoms. The van der Waals surface area contributed by atoms with Crippen molar-refractivity contribution in [1.82, 2.24) is 25.5 Å². The molecule has 1 aromatic heterocycles. The number of benzene rings is 1. The third-order valence-corrected chi connectivity index (χ3v) is 6.43. The highest BCUT2D eigenvalue weighted by molar-refractivity contribution is 5.95. The van der Waals surface area contributed by atoms with Gasteiger partial charge in [-0.05, 0) is 69.2 Å². The lowest BCUT2D eigenvalue weighted by atomic mass is 10.0. The number of hydrogen-bond donors (Lipinski definition) is 3. The van der Waals surface area contributed by atoms with Gasteiger partial charge in [0.1, 0.15) is 17.6 Å². The number of aromatic amines is 1. The lowest BCUT2D eigenvalue weighted by molar-refractivity contribution is -0.134. The molecule has 1 aliphatic carbocycles. The number of aromatic nitrogens is 2. The largest absolute Gasteiger partial charge is 0.341 e. The van der Waals surface area contributed by atoms with E-state index in [0.717, 1.165) is 58.2 Å². The Morgan fingerprint density at radius 2 is 1.94 bits per heavy atom. The lowest BCUT2D eigenvalue weighted by Crippen LogP contribution is -2.50. The molecule has 0 radical (unpaired) electrons. The van der Waals surface area contributed by atoms with Crippen molar-refractivity contribution >= 4 is 11.8 Å². The third-order valence-electron chi connectivity index (χ3n) is 6.43. The molecule has 7 nitrogen and oxygen atoms in total. The molecule has 1 saturated carbocycles. The molecule has 2 aromatic rings. The van der Waals surface area contributed by atoms with Gasteiger partial charge in [-0.2, -0.15) is 0 Å². The number of nitrogens with one attached hydrogen (secondary N) is 3. The number of H-pyrrole nitrogens is 1. The van der Waals surface area contributed by atoms with Crippen LogP contribution in [0, 0.1) is 5.82 Å². The fourth-order valence-corrected chi connectivity index (χ4v) is 4.47. The van der Waals surface area contributed by atoms with E-state index in [1.54, 1.807) is 0 Å². The van der Waals surface area contributed by atoms with Crippen LogP contribution in [0.5, 0.6) is 0 Å². The van der Waals surface area contributed by atoms with Crippen LogP contribution in [0.3, 0.4) is 0 Å². The Balaban J connectivity index is 1.22. The van der Waals surface area contributed by atoms with E-state index in [-0.39, 0.29) is 17.6 Å². The zero-order valence-corrected chi connectivity index (χ0v) is 18.4. The van der Waals surface area contributed by atoms with Crippen molar-refractivity contribution < 1.29 is 14.0 Å². The van der Waals surface area contributed by atoms with Crippen molar-refractivity contribution in [3.8, 4) is 0 Å². The second kappa shape index (κ2) is 10.7. The number of rotatable bonds is 10. The molecule has 0 spiro atoms. The molecule has 2 amide bonds. The van der Waals surface area contributed by atoms with Crippen LogP contribution in [0.15, 0.2) is 36.8 Å². The summed E-state index contributed by atoms with van der Waals surface area (Å²) in [6.07, 6.45) is 9.57. The van der Waals surface area contributed by atoms with Crippen LogP contribution in [-0.4, -0.2) is 58.4 Å². The zero-order valence-electron chi connectivity index (χ0n) is 18.4. The molecule has 172 valence electrons. The first kappa shape index (κ1) is 22.5. The van der Waals surface area contributed by atoms with Gasteiger partial charge in [0.15, 0.2) is 0 Å². The fraction of sp³-hybridized carbons (Fsp3) is 0.542. The van der Waals surface area contributed by atoms with Crippen LogP contribution in [0.2, 0.25) is 0 Å². The molecule has 2 fully saturated rings. The smallest absolute Gasteiger partial charge is 0.269 e. The van der Waals surface area contributed by atoms with Gasteiger partial charge in [0.2, 0.25) is 5.91 Å². The first-order chi connectivity index (χ1) is 15.6. The quantitative estimate of drug-likeness (QED) is 0.495. The van der Waals surface area contributed by atoms with Gasteiger partial charge in [-0.3, -0.25) is 9.59 Å². The number of imidazole rings is 1. The van der Waals surface area contributed by atoms with E-state index in [4.69, 9.17) is 0 Å². The number of hydrogen-bond acceptors (Lipinski definition) is 4. The SMILES string of the molecule is O=C(NC(CCCCNC1CC1c1ccc(F)cc1)C(=O)N1CCCCC1)c1cnc[nH]1. The minimum absolute atomic E-state index is 0.0177. The summed E-state index contributed by atoms with van der Waals surface area (Å²) in [6, 6.07) is 6.67. The number of amides is 2.